The Hall–Kier alpha value is -4.69. The van der Waals surface area contributed by atoms with E-state index in [4.69, 9.17) is 14.5 Å². The molecule has 0 bridgehead atoms. The Morgan fingerprint density at radius 3 is 2.59 bits per heavy atom. The van der Waals surface area contributed by atoms with Crippen LogP contribution in [0.5, 0.6) is 5.75 Å². The highest BCUT2D eigenvalue weighted by molar-refractivity contribution is 7.07. The maximum atomic E-state index is 14.3. The van der Waals surface area contributed by atoms with E-state index in [9.17, 15) is 9.59 Å². The quantitative estimate of drug-likeness (QED) is 0.286. The minimum Gasteiger partial charge on any atom is -0.496 e. The normalized spacial score (nSPS) is 15.1. The molecule has 1 aliphatic heterocycles. The van der Waals surface area contributed by atoms with E-state index in [1.807, 2.05) is 60.7 Å². The van der Waals surface area contributed by atoms with Crippen molar-refractivity contribution in [2.45, 2.75) is 26.8 Å². The van der Waals surface area contributed by atoms with Gasteiger partial charge in [-0.05, 0) is 50.6 Å². The summed E-state index contributed by atoms with van der Waals surface area (Å²) in [6.45, 7) is 5.80. The number of allylic oxidation sites excluding steroid dienone is 1. The molecular formula is C33H29N3O4S. The number of aromatic amines is 1. The fraction of sp³-hybridized carbons (Fsp3) is 0.182. The van der Waals surface area contributed by atoms with Crippen LogP contribution in [-0.4, -0.2) is 29.2 Å². The number of hydrogen-bond acceptors (Lipinski definition) is 6. The Balaban J connectivity index is 1.64. The van der Waals surface area contributed by atoms with Crippen LogP contribution in [0, 0.1) is 6.92 Å². The molecule has 0 radical (unpaired) electrons. The maximum absolute atomic E-state index is 14.3. The van der Waals surface area contributed by atoms with Crippen molar-refractivity contribution >= 4 is 34.3 Å². The molecule has 0 unspecified atom stereocenters. The molecule has 0 saturated heterocycles. The van der Waals surface area contributed by atoms with Gasteiger partial charge in [0.25, 0.3) is 5.56 Å². The number of benzene rings is 3. The number of para-hydroxylation sites is 1. The van der Waals surface area contributed by atoms with E-state index in [2.05, 4.69) is 30.1 Å². The first-order chi connectivity index (χ1) is 19.9. The van der Waals surface area contributed by atoms with Crippen molar-refractivity contribution in [1.82, 2.24) is 9.55 Å². The van der Waals surface area contributed by atoms with Crippen LogP contribution in [0.1, 0.15) is 36.6 Å². The van der Waals surface area contributed by atoms with Gasteiger partial charge < -0.3 is 14.5 Å². The lowest BCUT2D eigenvalue weighted by atomic mass is 9.95. The molecule has 0 spiro atoms. The number of carbonyl (C=O) groups excluding carboxylic acids is 1. The van der Waals surface area contributed by atoms with Crippen molar-refractivity contribution in [3.05, 3.63) is 120 Å². The van der Waals surface area contributed by atoms with Gasteiger partial charge in [-0.2, -0.15) is 0 Å². The van der Waals surface area contributed by atoms with Gasteiger partial charge in [0.2, 0.25) is 0 Å². The molecule has 3 heterocycles. The molecule has 8 heteroatoms. The van der Waals surface area contributed by atoms with Crippen LogP contribution in [0.4, 0.5) is 0 Å². The van der Waals surface area contributed by atoms with Crippen molar-refractivity contribution < 1.29 is 14.3 Å². The van der Waals surface area contributed by atoms with E-state index < -0.39 is 12.0 Å². The summed E-state index contributed by atoms with van der Waals surface area (Å²) in [4.78, 5) is 36.3. The second-order valence-electron chi connectivity index (χ2n) is 9.87. The van der Waals surface area contributed by atoms with Gasteiger partial charge in [0, 0.05) is 22.0 Å². The van der Waals surface area contributed by atoms with Crippen molar-refractivity contribution in [1.29, 1.82) is 0 Å². The Morgan fingerprint density at radius 1 is 1.07 bits per heavy atom. The maximum Gasteiger partial charge on any atom is 0.338 e. The highest BCUT2D eigenvalue weighted by Crippen LogP contribution is 2.36. The molecule has 1 aliphatic rings. The van der Waals surface area contributed by atoms with Crippen molar-refractivity contribution in [3.8, 4) is 17.0 Å². The van der Waals surface area contributed by atoms with E-state index in [0.717, 1.165) is 33.3 Å². The fourth-order valence-corrected chi connectivity index (χ4v) is 6.45. The third kappa shape index (κ3) is 4.60. The zero-order chi connectivity index (χ0) is 28.7. The average molecular weight is 564 g/mol. The van der Waals surface area contributed by atoms with Crippen LogP contribution in [0.15, 0.2) is 93.9 Å². The first-order valence-corrected chi connectivity index (χ1v) is 14.2. The number of fused-ring (bicyclic) bond motifs is 2. The number of H-pyrrole nitrogens is 1. The standard InChI is InChI=1S/C33H29N3O4S/c1-5-40-32(38)28-20(3)34-33-36(30(28)22-13-9-10-14-26(22)39-4)31(37)27(41-33)18-24-23-17-19(2)15-16-25(23)35-29(24)21-11-7-6-8-12-21/h6-18,30,35H,5H2,1-4H3/b27-18+/t30-/m1/s1. The smallest absolute Gasteiger partial charge is 0.338 e. The summed E-state index contributed by atoms with van der Waals surface area (Å²) in [6, 6.07) is 23.0. The lowest BCUT2D eigenvalue weighted by Gasteiger charge is -2.25. The zero-order valence-electron chi connectivity index (χ0n) is 23.2. The summed E-state index contributed by atoms with van der Waals surface area (Å²) < 4.78 is 13.2. The number of nitrogens with one attached hydrogen (secondary N) is 1. The van der Waals surface area contributed by atoms with Gasteiger partial charge in [-0.15, -0.1) is 0 Å². The van der Waals surface area contributed by atoms with E-state index in [1.54, 1.807) is 25.5 Å². The lowest BCUT2D eigenvalue weighted by molar-refractivity contribution is -0.139. The van der Waals surface area contributed by atoms with Crippen molar-refractivity contribution in [2.75, 3.05) is 13.7 Å². The molecule has 1 N–H and O–H groups in total. The Labute approximate surface area is 240 Å². The third-order valence-electron chi connectivity index (χ3n) is 7.28. The highest BCUT2D eigenvalue weighted by Gasteiger charge is 2.35. The van der Waals surface area contributed by atoms with E-state index in [0.29, 0.717) is 31.9 Å². The number of carbonyl (C=O) groups is 1. The van der Waals surface area contributed by atoms with Crippen LogP contribution >= 0.6 is 11.3 Å². The highest BCUT2D eigenvalue weighted by atomic mass is 32.1. The number of nitrogens with zero attached hydrogens (tertiary/aromatic N) is 2. The van der Waals surface area contributed by atoms with Crippen LogP contribution in [0.25, 0.3) is 28.2 Å². The number of ether oxygens (including phenoxy) is 2. The fourth-order valence-electron chi connectivity index (χ4n) is 5.42. The predicted molar refractivity (Wildman–Crippen MR) is 162 cm³/mol. The van der Waals surface area contributed by atoms with E-state index >= 15 is 0 Å². The largest absolute Gasteiger partial charge is 0.496 e. The van der Waals surface area contributed by atoms with Crippen molar-refractivity contribution in [3.63, 3.8) is 0 Å². The minimum absolute atomic E-state index is 0.209. The molecule has 0 saturated carbocycles. The van der Waals surface area contributed by atoms with Gasteiger partial charge in [-0.3, -0.25) is 9.36 Å². The lowest BCUT2D eigenvalue weighted by Crippen LogP contribution is -2.40. The molecule has 2 aromatic heterocycles. The summed E-state index contributed by atoms with van der Waals surface area (Å²) in [5.74, 6) is 0.0689. The van der Waals surface area contributed by atoms with Gasteiger partial charge in [0.15, 0.2) is 4.80 Å². The first-order valence-electron chi connectivity index (χ1n) is 13.4. The molecule has 1 atom stereocenters. The van der Waals surface area contributed by atoms with Gasteiger partial charge in [0.1, 0.15) is 11.8 Å². The van der Waals surface area contributed by atoms with Gasteiger partial charge >= 0.3 is 5.97 Å². The molecule has 7 nitrogen and oxygen atoms in total. The Morgan fingerprint density at radius 2 is 1.83 bits per heavy atom. The van der Waals surface area contributed by atoms with Gasteiger partial charge in [0.05, 0.1) is 35.2 Å². The molecule has 5 aromatic rings. The summed E-state index contributed by atoms with van der Waals surface area (Å²) in [7, 11) is 1.58. The number of rotatable bonds is 6. The molecule has 6 rings (SSSR count). The second-order valence-corrected chi connectivity index (χ2v) is 10.9. The predicted octanol–water partition coefficient (Wildman–Crippen LogP) is 5.26. The molecule has 0 amide bonds. The van der Waals surface area contributed by atoms with Crippen molar-refractivity contribution in [2.24, 2.45) is 4.99 Å². The van der Waals surface area contributed by atoms with Gasteiger partial charge in [-0.25, -0.2) is 9.79 Å². The summed E-state index contributed by atoms with van der Waals surface area (Å²) in [5.41, 5.74) is 6.28. The van der Waals surface area contributed by atoms with Crippen LogP contribution in [0.2, 0.25) is 0 Å². The molecule has 3 aromatic carbocycles. The molecule has 206 valence electrons. The van der Waals surface area contributed by atoms with E-state index in [-0.39, 0.29) is 12.2 Å². The first kappa shape index (κ1) is 26.5. The van der Waals surface area contributed by atoms with Crippen LogP contribution in [-0.2, 0) is 9.53 Å². The summed E-state index contributed by atoms with van der Waals surface area (Å²) >= 11 is 1.31. The zero-order valence-corrected chi connectivity index (χ0v) is 24.0. The molecule has 0 fully saturated rings. The average Bonchev–Trinajstić information content (AvgIpc) is 3.49. The number of methoxy groups -OCH3 is 1. The Bertz CT molecular complexity index is 2010. The minimum atomic E-state index is -0.748. The van der Waals surface area contributed by atoms with Crippen LogP contribution in [0.3, 0.4) is 0 Å². The van der Waals surface area contributed by atoms with Crippen LogP contribution < -0.4 is 19.6 Å². The second kappa shape index (κ2) is 10.7. The molecular weight excluding hydrogens is 534 g/mol. The number of hydrogen-bond donors (Lipinski definition) is 1. The van der Waals surface area contributed by atoms with E-state index in [1.165, 1.54) is 11.3 Å². The molecule has 41 heavy (non-hydrogen) atoms. The summed E-state index contributed by atoms with van der Waals surface area (Å²) in [5, 5.41) is 1.03. The number of esters is 1. The Kier molecular flexibility index (Phi) is 6.93. The van der Waals surface area contributed by atoms with Gasteiger partial charge in [-0.1, -0.05) is 71.5 Å². The third-order valence-corrected chi connectivity index (χ3v) is 8.27. The number of aromatic nitrogens is 2. The summed E-state index contributed by atoms with van der Waals surface area (Å²) in [6.07, 6.45) is 1.94. The monoisotopic (exact) mass is 563 g/mol. The SMILES string of the molecule is CCOC(=O)C1=C(C)N=c2s/c(=C/c3c(-c4ccccc4)[nH]c4ccc(C)cc34)c(=O)n2[C@@H]1c1ccccc1OC. The number of aryl methyl sites for hydroxylation is 1. The molecule has 0 aliphatic carbocycles. The number of thiazole rings is 1. The topological polar surface area (TPSA) is 85.7 Å².